The Hall–Kier alpha value is -3.52. The van der Waals surface area contributed by atoms with Gasteiger partial charge in [-0.25, -0.2) is 0 Å². The lowest BCUT2D eigenvalue weighted by atomic mass is 10.1. The van der Waals surface area contributed by atoms with Crippen LogP contribution in [0.25, 0.3) is 0 Å². The van der Waals surface area contributed by atoms with Crippen LogP contribution in [0.1, 0.15) is 39.1 Å². The predicted octanol–water partition coefficient (Wildman–Crippen LogP) is 4.88. The predicted molar refractivity (Wildman–Crippen MR) is 133 cm³/mol. The van der Waals surface area contributed by atoms with Crippen LogP contribution >= 0.6 is 11.8 Å². The average molecular weight is 478 g/mol. The molecule has 2 amide bonds. The van der Waals surface area contributed by atoms with Crippen molar-refractivity contribution in [2.45, 2.75) is 23.5 Å². The molecule has 1 aliphatic heterocycles. The van der Waals surface area contributed by atoms with Gasteiger partial charge in [0.05, 0.1) is 25.5 Å². The van der Waals surface area contributed by atoms with Crippen LogP contribution in [0.15, 0.2) is 65.8 Å². The van der Waals surface area contributed by atoms with Crippen LogP contribution in [0.4, 0.5) is 5.69 Å². The van der Waals surface area contributed by atoms with Gasteiger partial charge < -0.3 is 19.7 Å². The highest BCUT2D eigenvalue weighted by atomic mass is 32.2. The molecular weight excluding hydrogens is 450 g/mol. The van der Waals surface area contributed by atoms with Gasteiger partial charge in [-0.2, -0.15) is 0 Å². The fourth-order valence-electron chi connectivity index (χ4n) is 3.80. The summed E-state index contributed by atoms with van der Waals surface area (Å²) >= 11 is 1.68. The van der Waals surface area contributed by atoms with Crippen LogP contribution in [0.5, 0.6) is 11.5 Å². The number of rotatable bonds is 8. The lowest BCUT2D eigenvalue weighted by molar-refractivity contribution is 0.0793. The second-order valence-electron chi connectivity index (χ2n) is 7.88. The number of likely N-dealkylation sites (tertiary alicyclic amines) is 1. The molecule has 0 unspecified atom stereocenters. The number of methoxy groups -OCH3 is 2. The molecule has 1 aromatic heterocycles. The molecule has 4 rings (SSSR count). The van der Waals surface area contributed by atoms with E-state index < -0.39 is 0 Å². The zero-order valence-corrected chi connectivity index (χ0v) is 20.1. The molecular formula is C26H27N3O4S. The van der Waals surface area contributed by atoms with E-state index >= 15 is 0 Å². The number of ether oxygens (including phenoxy) is 2. The summed E-state index contributed by atoms with van der Waals surface area (Å²) in [5.41, 5.74) is 2.42. The largest absolute Gasteiger partial charge is 0.493 e. The van der Waals surface area contributed by atoms with Crippen molar-refractivity contribution >= 4 is 29.3 Å². The van der Waals surface area contributed by atoms with E-state index in [1.165, 1.54) is 14.2 Å². The van der Waals surface area contributed by atoms with E-state index in [0.29, 0.717) is 41.4 Å². The molecule has 3 aromatic rings. The minimum atomic E-state index is -0.300. The van der Waals surface area contributed by atoms with Crippen molar-refractivity contribution < 1.29 is 19.1 Å². The molecule has 7 nitrogen and oxygen atoms in total. The SMILES string of the molecule is COc1cc(NC(=O)c2ccc(SCc3cccnc3)cc2)c(C(=O)N2CCCC2)cc1OC. The second kappa shape index (κ2) is 11.1. The van der Waals surface area contributed by atoms with Crippen molar-refractivity contribution in [2.24, 2.45) is 0 Å². The van der Waals surface area contributed by atoms with E-state index in [1.807, 2.05) is 30.5 Å². The number of anilines is 1. The molecule has 1 saturated heterocycles. The first kappa shape index (κ1) is 23.6. The van der Waals surface area contributed by atoms with Gasteiger partial charge in [0.25, 0.3) is 11.8 Å². The number of nitrogens with zero attached hydrogens (tertiary/aromatic N) is 2. The molecule has 1 aliphatic rings. The maximum atomic E-state index is 13.2. The monoisotopic (exact) mass is 477 g/mol. The Balaban J connectivity index is 1.51. The van der Waals surface area contributed by atoms with E-state index in [1.54, 1.807) is 47.1 Å². The van der Waals surface area contributed by atoms with Gasteiger partial charge in [-0.3, -0.25) is 14.6 Å². The number of aromatic nitrogens is 1. The van der Waals surface area contributed by atoms with Gasteiger partial charge in [0, 0.05) is 47.8 Å². The first-order chi connectivity index (χ1) is 16.6. The highest BCUT2D eigenvalue weighted by Crippen LogP contribution is 2.35. The van der Waals surface area contributed by atoms with Crippen LogP contribution in [-0.4, -0.2) is 49.0 Å². The Morgan fingerprint density at radius 1 is 1.03 bits per heavy atom. The number of hydrogen-bond acceptors (Lipinski definition) is 6. The normalized spacial score (nSPS) is 12.9. The number of benzene rings is 2. The smallest absolute Gasteiger partial charge is 0.256 e. The Kier molecular flexibility index (Phi) is 7.69. The zero-order valence-electron chi connectivity index (χ0n) is 19.2. The van der Waals surface area contributed by atoms with Crippen molar-refractivity contribution in [3.8, 4) is 11.5 Å². The van der Waals surface area contributed by atoms with Crippen molar-refractivity contribution in [3.63, 3.8) is 0 Å². The van der Waals surface area contributed by atoms with Gasteiger partial charge in [-0.15, -0.1) is 11.8 Å². The molecule has 34 heavy (non-hydrogen) atoms. The van der Waals surface area contributed by atoms with Crippen LogP contribution < -0.4 is 14.8 Å². The summed E-state index contributed by atoms with van der Waals surface area (Å²) in [6.45, 7) is 1.41. The summed E-state index contributed by atoms with van der Waals surface area (Å²) in [6.07, 6.45) is 5.56. The van der Waals surface area contributed by atoms with Gasteiger partial charge in [0.1, 0.15) is 0 Å². The highest BCUT2D eigenvalue weighted by molar-refractivity contribution is 7.98. The quantitative estimate of drug-likeness (QED) is 0.466. The van der Waals surface area contributed by atoms with Crippen LogP contribution in [0, 0.1) is 0 Å². The summed E-state index contributed by atoms with van der Waals surface area (Å²) in [4.78, 5) is 33.2. The Morgan fingerprint density at radius 2 is 1.74 bits per heavy atom. The zero-order chi connectivity index (χ0) is 23.9. The van der Waals surface area contributed by atoms with Crippen molar-refractivity contribution in [2.75, 3.05) is 32.6 Å². The Bertz CT molecular complexity index is 1150. The fraction of sp³-hybridized carbons (Fsp3) is 0.269. The lowest BCUT2D eigenvalue weighted by Gasteiger charge is -2.20. The maximum absolute atomic E-state index is 13.2. The summed E-state index contributed by atoms with van der Waals surface area (Å²) < 4.78 is 10.8. The number of amides is 2. The highest BCUT2D eigenvalue weighted by Gasteiger charge is 2.25. The molecule has 0 saturated carbocycles. The fourth-order valence-corrected chi connectivity index (χ4v) is 4.63. The standard InChI is InChI=1S/C26H27N3O4S/c1-32-23-14-21(26(31)29-12-3-4-13-29)22(15-24(23)33-2)28-25(30)19-7-9-20(10-8-19)34-17-18-6-5-11-27-16-18/h5-11,14-16H,3-4,12-13,17H2,1-2H3,(H,28,30). The number of pyridine rings is 1. The molecule has 0 spiro atoms. The molecule has 1 N–H and O–H groups in total. The molecule has 0 aliphatic carbocycles. The molecule has 0 radical (unpaired) electrons. The van der Waals surface area contributed by atoms with E-state index in [0.717, 1.165) is 29.1 Å². The molecule has 176 valence electrons. The summed E-state index contributed by atoms with van der Waals surface area (Å²) in [6, 6.07) is 14.6. The van der Waals surface area contributed by atoms with Crippen molar-refractivity contribution in [1.82, 2.24) is 9.88 Å². The molecule has 8 heteroatoms. The first-order valence-corrected chi connectivity index (χ1v) is 12.1. The Labute approximate surface area is 203 Å². The number of carbonyl (C=O) groups is 2. The number of hydrogen-bond donors (Lipinski definition) is 1. The third-order valence-electron chi connectivity index (χ3n) is 5.64. The molecule has 0 atom stereocenters. The van der Waals surface area contributed by atoms with Gasteiger partial charge in [0.15, 0.2) is 11.5 Å². The molecule has 0 bridgehead atoms. The molecule has 2 heterocycles. The molecule has 2 aromatic carbocycles. The van der Waals surface area contributed by atoms with Gasteiger partial charge in [0.2, 0.25) is 0 Å². The Morgan fingerprint density at radius 3 is 2.38 bits per heavy atom. The topological polar surface area (TPSA) is 80.8 Å². The number of thioether (sulfide) groups is 1. The van der Waals surface area contributed by atoms with E-state index in [4.69, 9.17) is 9.47 Å². The van der Waals surface area contributed by atoms with Crippen LogP contribution in [0.3, 0.4) is 0 Å². The van der Waals surface area contributed by atoms with E-state index in [2.05, 4.69) is 10.3 Å². The van der Waals surface area contributed by atoms with Crippen LogP contribution in [-0.2, 0) is 5.75 Å². The third-order valence-corrected chi connectivity index (χ3v) is 6.72. The lowest BCUT2D eigenvalue weighted by Crippen LogP contribution is -2.29. The van der Waals surface area contributed by atoms with Crippen molar-refractivity contribution in [3.05, 3.63) is 77.6 Å². The average Bonchev–Trinajstić information content (AvgIpc) is 3.43. The second-order valence-corrected chi connectivity index (χ2v) is 8.93. The van der Waals surface area contributed by atoms with Crippen LogP contribution in [0.2, 0.25) is 0 Å². The summed E-state index contributed by atoms with van der Waals surface area (Å²) in [5.74, 6) is 1.26. The minimum absolute atomic E-state index is 0.129. The van der Waals surface area contributed by atoms with Gasteiger partial charge in [-0.05, 0) is 54.8 Å². The maximum Gasteiger partial charge on any atom is 0.256 e. The third kappa shape index (κ3) is 5.51. The first-order valence-electron chi connectivity index (χ1n) is 11.1. The van der Waals surface area contributed by atoms with Gasteiger partial charge in [-0.1, -0.05) is 6.07 Å². The van der Waals surface area contributed by atoms with E-state index in [-0.39, 0.29) is 11.8 Å². The number of nitrogens with one attached hydrogen (secondary N) is 1. The summed E-state index contributed by atoms with van der Waals surface area (Å²) in [7, 11) is 3.04. The van der Waals surface area contributed by atoms with Gasteiger partial charge >= 0.3 is 0 Å². The molecule has 1 fully saturated rings. The minimum Gasteiger partial charge on any atom is -0.493 e. The van der Waals surface area contributed by atoms with Crippen molar-refractivity contribution in [1.29, 1.82) is 0 Å². The summed E-state index contributed by atoms with van der Waals surface area (Å²) in [5, 5.41) is 2.90. The number of carbonyl (C=O) groups excluding carboxylic acids is 2. The van der Waals surface area contributed by atoms with E-state index in [9.17, 15) is 9.59 Å².